The molecule has 0 aliphatic rings. The van der Waals surface area contributed by atoms with Gasteiger partial charge in [-0.1, -0.05) is 13.8 Å². The lowest BCUT2D eigenvalue weighted by molar-refractivity contribution is -0.117. The molecule has 0 bridgehead atoms. The van der Waals surface area contributed by atoms with Crippen molar-refractivity contribution < 1.29 is 4.79 Å². The van der Waals surface area contributed by atoms with Crippen LogP contribution in [0.5, 0.6) is 0 Å². The zero-order chi connectivity index (χ0) is 7.86. The third kappa shape index (κ3) is 7.98. The molecule has 0 aliphatic heterocycles. The average molecular weight is 149 g/mol. The van der Waals surface area contributed by atoms with Gasteiger partial charge in [0.2, 0.25) is 0 Å². The monoisotopic (exact) mass is 149 g/mol. The molecule has 0 radical (unpaired) electrons. The predicted octanol–water partition coefficient (Wildman–Crippen LogP) is 0.859. The summed E-state index contributed by atoms with van der Waals surface area (Å²) in [6.45, 7) is 5.46. The Morgan fingerprint density at radius 2 is 2.00 bits per heavy atom. The summed E-state index contributed by atoms with van der Waals surface area (Å²) in [4.78, 5) is 10.2. The van der Waals surface area contributed by atoms with Gasteiger partial charge in [-0.15, -0.1) is 0 Å². The van der Waals surface area contributed by atoms with Crippen LogP contribution in [0, 0.1) is 0 Å². The first kappa shape index (κ1) is 11.7. The van der Waals surface area contributed by atoms with Crippen molar-refractivity contribution in [3.63, 3.8) is 0 Å². The standard InChI is InChI=1S/C4H9NOS.C2H6/c1-3(6)4(5)2-7;1-2/h4,7H,2,5H2,1H3;1-2H3/t4-;/m0./s1. The molecule has 0 amide bonds. The maximum Gasteiger partial charge on any atom is 0.147 e. The molecule has 0 aromatic rings. The molecule has 0 saturated heterocycles. The van der Waals surface area contributed by atoms with E-state index in [1.54, 1.807) is 0 Å². The highest BCUT2D eigenvalue weighted by Gasteiger charge is 2.02. The zero-order valence-electron chi connectivity index (χ0n) is 6.22. The Balaban J connectivity index is 0. The third-order valence-corrected chi connectivity index (χ3v) is 1.11. The summed E-state index contributed by atoms with van der Waals surface area (Å²) in [6, 6.07) is -0.372. The predicted molar refractivity (Wildman–Crippen MR) is 43.9 cm³/mol. The molecule has 0 aromatic heterocycles. The van der Waals surface area contributed by atoms with Crippen molar-refractivity contribution >= 4 is 18.4 Å². The SMILES string of the molecule is CC.CC(=O)[C@@H](N)CS. The zero-order valence-corrected chi connectivity index (χ0v) is 7.11. The van der Waals surface area contributed by atoms with E-state index in [4.69, 9.17) is 5.73 Å². The second-order valence-electron chi connectivity index (χ2n) is 1.40. The van der Waals surface area contributed by atoms with Crippen molar-refractivity contribution in [2.75, 3.05) is 5.75 Å². The fourth-order valence-corrected chi connectivity index (χ4v) is 0.386. The van der Waals surface area contributed by atoms with E-state index >= 15 is 0 Å². The number of carbonyl (C=O) groups excluding carboxylic acids is 1. The van der Waals surface area contributed by atoms with Gasteiger partial charge in [-0.3, -0.25) is 4.79 Å². The van der Waals surface area contributed by atoms with Crippen LogP contribution in [0.2, 0.25) is 0 Å². The maximum absolute atomic E-state index is 10.2. The van der Waals surface area contributed by atoms with Crippen LogP contribution < -0.4 is 5.73 Å². The Morgan fingerprint density at radius 3 is 2.00 bits per heavy atom. The van der Waals surface area contributed by atoms with E-state index in [-0.39, 0.29) is 11.8 Å². The topological polar surface area (TPSA) is 43.1 Å². The fraction of sp³-hybridized carbons (Fsp3) is 0.833. The van der Waals surface area contributed by atoms with Gasteiger partial charge in [0.05, 0.1) is 6.04 Å². The highest BCUT2D eigenvalue weighted by Crippen LogP contribution is 1.82. The van der Waals surface area contributed by atoms with Crippen LogP contribution in [0.3, 0.4) is 0 Å². The summed E-state index contributed by atoms with van der Waals surface area (Å²) in [6.07, 6.45) is 0. The number of thiol groups is 1. The van der Waals surface area contributed by atoms with Crippen molar-refractivity contribution in [2.24, 2.45) is 5.73 Å². The molecule has 0 saturated carbocycles. The quantitative estimate of drug-likeness (QED) is 0.572. The van der Waals surface area contributed by atoms with Crippen LogP contribution in [0.4, 0.5) is 0 Å². The molecule has 0 spiro atoms. The fourth-order valence-electron chi connectivity index (χ4n) is 0.129. The van der Waals surface area contributed by atoms with Crippen molar-refractivity contribution in [1.82, 2.24) is 0 Å². The molecular weight excluding hydrogens is 134 g/mol. The van der Waals surface area contributed by atoms with Crippen LogP contribution in [-0.4, -0.2) is 17.6 Å². The second kappa shape index (κ2) is 7.98. The van der Waals surface area contributed by atoms with Crippen molar-refractivity contribution in [3.05, 3.63) is 0 Å². The molecule has 2 nitrogen and oxygen atoms in total. The lowest BCUT2D eigenvalue weighted by Crippen LogP contribution is -2.29. The average Bonchev–Trinajstić information content (AvgIpc) is 1.91. The molecule has 1 atom stereocenters. The Labute approximate surface area is 62.2 Å². The van der Waals surface area contributed by atoms with Gasteiger partial charge >= 0.3 is 0 Å². The van der Waals surface area contributed by atoms with Gasteiger partial charge in [0, 0.05) is 5.75 Å². The Hall–Kier alpha value is -0.0200. The number of hydrogen-bond acceptors (Lipinski definition) is 3. The van der Waals surface area contributed by atoms with Gasteiger partial charge in [-0.25, -0.2) is 0 Å². The minimum Gasteiger partial charge on any atom is -0.321 e. The highest BCUT2D eigenvalue weighted by atomic mass is 32.1. The summed E-state index contributed by atoms with van der Waals surface area (Å²) in [5.41, 5.74) is 5.19. The lowest BCUT2D eigenvalue weighted by Gasteiger charge is -1.98. The first-order chi connectivity index (χ1) is 4.18. The van der Waals surface area contributed by atoms with E-state index in [1.165, 1.54) is 6.92 Å². The number of hydrogen-bond donors (Lipinski definition) is 2. The van der Waals surface area contributed by atoms with Gasteiger partial charge in [0.25, 0.3) is 0 Å². The number of ketones is 1. The van der Waals surface area contributed by atoms with E-state index in [2.05, 4.69) is 12.6 Å². The summed E-state index contributed by atoms with van der Waals surface area (Å²) < 4.78 is 0. The van der Waals surface area contributed by atoms with Crippen molar-refractivity contribution in [1.29, 1.82) is 0 Å². The minimum atomic E-state index is -0.372. The van der Waals surface area contributed by atoms with Crippen LogP contribution in [0.1, 0.15) is 20.8 Å². The summed E-state index contributed by atoms with van der Waals surface area (Å²) in [5.74, 6) is 0.435. The van der Waals surface area contributed by atoms with Crippen LogP contribution in [-0.2, 0) is 4.79 Å². The van der Waals surface area contributed by atoms with Crippen molar-refractivity contribution in [3.8, 4) is 0 Å². The molecule has 0 aromatic carbocycles. The Kier molecular flexibility index (Phi) is 10.4. The van der Waals surface area contributed by atoms with E-state index in [0.717, 1.165) is 0 Å². The first-order valence-corrected chi connectivity index (χ1v) is 3.68. The maximum atomic E-state index is 10.2. The number of nitrogens with two attached hydrogens (primary N) is 1. The van der Waals surface area contributed by atoms with E-state index in [9.17, 15) is 4.79 Å². The van der Waals surface area contributed by atoms with E-state index < -0.39 is 0 Å². The minimum absolute atomic E-state index is 0.00463. The molecule has 56 valence electrons. The number of Topliss-reactive ketones (excluding diaryl/α,β-unsaturated/α-hetero) is 1. The van der Waals surface area contributed by atoms with Crippen LogP contribution in [0.25, 0.3) is 0 Å². The van der Waals surface area contributed by atoms with Crippen LogP contribution in [0.15, 0.2) is 0 Å². The number of rotatable bonds is 2. The van der Waals surface area contributed by atoms with E-state index in [0.29, 0.717) is 5.75 Å². The summed E-state index contributed by atoms with van der Waals surface area (Å²) in [5, 5.41) is 0. The second-order valence-corrected chi connectivity index (χ2v) is 1.76. The molecule has 0 rings (SSSR count). The highest BCUT2D eigenvalue weighted by molar-refractivity contribution is 7.80. The Bertz CT molecular complexity index is 75.5. The van der Waals surface area contributed by atoms with Crippen molar-refractivity contribution in [2.45, 2.75) is 26.8 Å². The first-order valence-electron chi connectivity index (χ1n) is 3.05. The molecular formula is C6H15NOS. The molecule has 2 N–H and O–H groups in total. The normalized spacial score (nSPS) is 11.2. The van der Waals surface area contributed by atoms with Gasteiger partial charge in [0.1, 0.15) is 5.78 Å². The molecule has 0 heterocycles. The molecule has 9 heavy (non-hydrogen) atoms. The van der Waals surface area contributed by atoms with Gasteiger partial charge < -0.3 is 5.73 Å². The molecule has 0 unspecified atom stereocenters. The largest absolute Gasteiger partial charge is 0.321 e. The van der Waals surface area contributed by atoms with Gasteiger partial charge in [-0.05, 0) is 6.92 Å². The molecule has 3 heteroatoms. The van der Waals surface area contributed by atoms with Gasteiger partial charge in [0.15, 0.2) is 0 Å². The van der Waals surface area contributed by atoms with E-state index in [1.807, 2.05) is 13.8 Å². The van der Waals surface area contributed by atoms with Gasteiger partial charge in [-0.2, -0.15) is 12.6 Å². The lowest BCUT2D eigenvalue weighted by atomic mass is 10.3. The number of carbonyl (C=O) groups is 1. The van der Waals surface area contributed by atoms with Crippen LogP contribution >= 0.6 is 12.6 Å². The molecule has 0 fully saturated rings. The summed E-state index contributed by atoms with van der Waals surface area (Å²) in [7, 11) is 0. The Morgan fingerprint density at radius 1 is 1.67 bits per heavy atom. The third-order valence-electron chi connectivity index (χ3n) is 0.719. The molecule has 0 aliphatic carbocycles. The smallest absolute Gasteiger partial charge is 0.147 e. The summed E-state index contributed by atoms with van der Waals surface area (Å²) >= 11 is 3.81.